The van der Waals surface area contributed by atoms with E-state index in [0.717, 1.165) is 0 Å². The first-order valence-corrected chi connectivity index (χ1v) is 2.68. The second-order valence-electron chi connectivity index (χ2n) is 2.34. The Balaban J connectivity index is 3.74. The van der Waals surface area contributed by atoms with Crippen LogP contribution in [0.15, 0.2) is 0 Å². The van der Waals surface area contributed by atoms with Gasteiger partial charge in [-0.2, -0.15) is 0 Å². The molecule has 0 aliphatic rings. The topological polar surface area (TPSA) is 87.0 Å². The van der Waals surface area contributed by atoms with Crippen molar-refractivity contribution in [2.45, 2.75) is 18.9 Å². The van der Waals surface area contributed by atoms with Crippen molar-refractivity contribution in [3.63, 3.8) is 0 Å². The highest BCUT2D eigenvalue weighted by Gasteiger charge is 2.24. The highest BCUT2D eigenvalue weighted by atomic mass is 17.1. The van der Waals surface area contributed by atoms with Crippen LogP contribution in [0.3, 0.4) is 0 Å². The summed E-state index contributed by atoms with van der Waals surface area (Å²) in [6.45, 7) is 0.858. The largest absolute Gasteiger partial charge is 0.481 e. The maximum absolute atomic E-state index is 9.99. The minimum absolute atomic E-state index is 0.403. The van der Waals surface area contributed by atoms with Crippen molar-refractivity contribution in [2.75, 3.05) is 6.61 Å². The van der Waals surface area contributed by atoms with Crippen LogP contribution in [0, 0.1) is 0 Å². The molecule has 0 saturated heterocycles. The highest BCUT2D eigenvalue weighted by Crippen LogP contribution is 2.08. The molecule has 5 nitrogen and oxygen atoms in total. The third-order valence-corrected chi connectivity index (χ3v) is 0.908. The van der Waals surface area contributed by atoms with E-state index in [-0.39, 0.29) is 0 Å². The number of carboxylic acid groups (broad SMARTS) is 1. The summed E-state index contributed by atoms with van der Waals surface area (Å²) in [4.78, 5) is 13.6. The summed E-state index contributed by atoms with van der Waals surface area (Å²) in [5.41, 5.74) is -1.50. The van der Waals surface area contributed by atoms with Gasteiger partial charge in [-0.15, -0.1) is 0 Å². The van der Waals surface area contributed by atoms with Gasteiger partial charge < -0.3 is 10.2 Å². The molecule has 0 aliphatic carbocycles. The summed E-state index contributed by atoms with van der Waals surface area (Å²) in [5, 5.41) is 25.1. The number of hydrogen-bond donors (Lipinski definition) is 3. The predicted molar refractivity (Wildman–Crippen MR) is 31.5 cm³/mol. The summed E-state index contributed by atoms with van der Waals surface area (Å²) < 4.78 is 0. The normalized spacial score (nSPS) is 16.3. The Labute approximate surface area is 57.8 Å². The molecule has 0 aromatic heterocycles. The first kappa shape index (κ1) is 9.35. The van der Waals surface area contributed by atoms with E-state index in [1.165, 1.54) is 6.92 Å². The van der Waals surface area contributed by atoms with Gasteiger partial charge >= 0.3 is 5.97 Å². The average molecular weight is 150 g/mol. The van der Waals surface area contributed by atoms with Gasteiger partial charge in [0.2, 0.25) is 0 Å². The first-order chi connectivity index (χ1) is 4.48. The Morgan fingerprint density at radius 1 is 1.70 bits per heavy atom. The van der Waals surface area contributed by atoms with Crippen LogP contribution in [0.5, 0.6) is 0 Å². The predicted octanol–water partition coefficient (Wildman–Crippen LogP) is -0.298. The number of hydrogen-bond acceptors (Lipinski definition) is 4. The molecule has 0 aromatic rings. The van der Waals surface area contributed by atoms with E-state index in [1.807, 2.05) is 0 Å². The van der Waals surface area contributed by atoms with Gasteiger partial charge in [-0.25, -0.2) is 4.89 Å². The van der Waals surface area contributed by atoms with Gasteiger partial charge in [-0.1, -0.05) is 0 Å². The Bertz CT molecular complexity index is 119. The van der Waals surface area contributed by atoms with Crippen molar-refractivity contribution in [3.8, 4) is 0 Å². The molecule has 10 heavy (non-hydrogen) atoms. The lowest BCUT2D eigenvalue weighted by Gasteiger charge is -2.17. The highest BCUT2D eigenvalue weighted by molar-refractivity contribution is 5.68. The van der Waals surface area contributed by atoms with Gasteiger partial charge in [0, 0.05) is 0 Å². The van der Waals surface area contributed by atoms with Crippen LogP contribution in [-0.2, 0) is 9.68 Å². The van der Waals surface area contributed by atoms with Gasteiger partial charge in [-0.05, 0) is 6.92 Å². The standard InChI is InChI=1S/C5H10O5/c1-5(8,3-10-9)2-4(6)7/h8-9H,2-3H2,1H3,(H,6,7). The van der Waals surface area contributed by atoms with Crippen molar-refractivity contribution < 1.29 is 25.2 Å². The van der Waals surface area contributed by atoms with Crippen molar-refractivity contribution in [1.82, 2.24) is 0 Å². The lowest BCUT2D eigenvalue weighted by molar-refractivity contribution is -0.270. The first-order valence-electron chi connectivity index (χ1n) is 2.68. The van der Waals surface area contributed by atoms with Gasteiger partial charge in [0.25, 0.3) is 0 Å². The number of aliphatic hydroxyl groups is 1. The molecule has 0 heterocycles. The van der Waals surface area contributed by atoms with Crippen LogP contribution < -0.4 is 0 Å². The molecule has 5 heteroatoms. The third kappa shape index (κ3) is 4.25. The van der Waals surface area contributed by atoms with E-state index in [9.17, 15) is 4.79 Å². The van der Waals surface area contributed by atoms with E-state index < -0.39 is 24.6 Å². The fourth-order valence-corrected chi connectivity index (χ4v) is 0.516. The van der Waals surface area contributed by atoms with Crippen LogP contribution in [0.1, 0.15) is 13.3 Å². The van der Waals surface area contributed by atoms with Gasteiger partial charge in [0.15, 0.2) is 0 Å². The molecule has 0 rings (SSSR count). The molecule has 0 bridgehead atoms. The van der Waals surface area contributed by atoms with Gasteiger partial charge in [0.1, 0.15) is 6.61 Å². The molecule has 0 radical (unpaired) electrons. The second-order valence-corrected chi connectivity index (χ2v) is 2.34. The number of carbonyl (C=O) groups is 1. The van der Waals surface area contributed by atoms with E-state index in [1.54, 1.807) is 0 Å². The van der Waals surface area contributed by atoms with Crippen molar-refractivity contribution >= 4 is 5.97 Å². The molecule has 0 amide bonds. The van der Waals surface area contributed by atoms with E-state index in [0.29, 0.717) is 0 Å². The van der Waals surface area contributed by atoms with Gasteiger partial charge in [-0.3, -0.25) is 10.1 Å². The number of aliphatic carboxylic acids is 1. The maximum atomic E-state index is 9.99. The molecular formula is C5H10O5. The summed E-state index contributed by atoms with van der Waals surface area (Å²) in [6.07, 6.45) is -0.451. The average Bonchev–Trinajstić information content (AvgIpc) is 1.59. The Hall–Kier alpha value is -0.650. The zero-order chi connectivity index (χ0) is 8.20. The van der Waals surface area contributed by atoms with Crippen molar-refractivity contribution in [3.05, 3.63) is 0 Å². The summed E-state index contributed by atoms with van der Waals surface area (Å²) in [6, 6.07) is 0. The lowest BCUT2D eigenvalue weighted by atomic mass is 10.0. The minimum Gasteiger partial charge on any atom is -0.481 e. The third-order valence-electron chi connectivity index (χ3n) is 0.908. The quantitative estimate of drug-likeness (QED) is 0.378. The van der Waals surface area contributed by atoms with Crippen LogP contribution in [0.4, 0.5) is 0 Å². The van der Waals surface area contributed by atoms with E-state index >= 15 is 0 Å². The summed E-state index contributed by atoms with van der Waals surface area (Å²) in [5.74, 6) is -1.14. The molecule has 3 N–H and O–H groups in total. The number of carboxylic acids is 1. The summed E-state index contributed by atoms with van der Waals surface area (Å²) >= 11 is 0. The number of rotatable bonds is 4. The fourth-order valence-electron chi connectivity index (χ4n) is 0.516. The smallest absolute Gasteiger partial charge is 0.306 e. The van der Waals surface area contributed by atoms with Crippen LogP contribution in [0.2, 0.25) is 0 Å². The maximum Gasteiger partial charge on any atom is 0.306 e. The molecule has 0 spiro atoms. The lowest BCUT2D eigenvalue weighted by Crippen LogP contribution is -2.32. The molecule has 60 valence electrons. The Morgan fingerprint density at radius 2 is 2.20 bits per heavy atom. The monoisotopic (exact) mass is 150 g/mol. The minimum atomic E-state index is -1.50. The van der Waals surface area contributed by atoms with Crippen LogP contribution in [0.25, 0.3) is 0 Å². The van der Waals surface area contributed by atoms with Crippen molar-refractivity contribution in [2.24, 2.45) is 0 Å². The molecule has 0 aromatic carbocycles. The zero-order valence-corrected chi connectivity index (χ0v) is 5.57. The Kier molecular flexibility index (Phi) is 3.27. The van der Waals surface area contributed by atoms with E-state index in [2.05, 4.69) is 4.89 Å². The van der Waals surface area contributed by atoms with E-state index in [4.69, 9.17) is 15.5 Å². The SMILES string of the molecule is CC(O)(COO)CC(=O)O. The molecule has 1 atom stereocenters. The van der Waals surface area contributed by atoms with Gasteiger partial charge in [0.05, 0.1) is 12.0 Å². The second kappa shape index (κ2) is 3.50. The Morgan fingerprint density at radius 3 is 2.50 bits per heavy atom. The molecule has 1 unspecified atom stereocenters. The van der Waals surface area contributed by atoms with Crippen LogP contribution >= 0.6 is 0 Å². The fraction of sp³-hybridized carbons (Fsp3) is 0.800. The van der Waals surface area contributed by atoms with Crippen molar-refractivity contribution in [1.29, 1.82) is 0 Å². The molecule has 0 aliphatic heterocycles. The van der Waals surface area contributed by atoms with Crippen LogP contribution in [-0.4, -0.2) is 33.6 Å². The molecule has 0 fully saturated rings. The zero-order valence-electron chi connectivity index (χ0n) is 5.57. The molecule has 0 saturated carbocycles. The molecular weight excluding hydrogens is 140 g/mol. The summed E-state index contributed by atoms with van der Waals surface area (Å²) in [7, 11) is 0.